The lowest BCUT2D eigenvalue weighted by molar-refractivity contribution is -0.00245. The van der Waals surface area contributed by atoms with E-state index in [2.05, 4.69) is 21.2 Å². The number of hydrogen-bond donors (Lipinski definition) is 2. The number of halogens is 2. The van der Waals surface area contributed by atoms with Crippen molar-refractivity contribution >= 4 is 21.6 Å². The number of methoxy groups -OCH3 is 1. The van der Waals surface area contributed by atoms with Crippen LogP contribution in [0.1, 0.15) is 12.8 Å². The molecular weight excluding hydrogens is 287 g/mol. The zero-order valence-corrected chi connectivity index (χ0v) is 11.3. The quantitative estimate of drug-likeness (QED) is 0.898. The highest BCUT2D eigenvalue weighted by molar-refractivity contribution is 9.10. The fourth-order valence-corrected chi connectivity index (χ4v) is 2.56. The van der Waals surface area contributed by atoms with Crippen LogP contribution in [0.25, 0.3) is 0 Å². The van der Waals surface area contributed by atoms with Crippen LogP contribution < -0.4 is 11.1 Å². The van der Waals surface area contributed by atoms with Crippen molar-refractivity contribution < 1.29 is 9.13 Å². The molecule has 2 rings (SSSR count). The molecule has 0 aliphatic heterocycles. The van der Waals surface area contributed by atoms with E-state index in [0.717, 1.165) is 18.5 Å². The average Bonchev–Trinajstić information content (AvgIpc) is 2.28. The van der Waals surface area contributed by atoms with Crippen molar-refractivity contribution in [3.05, 3.63) is 28.5 Å². The Labute approximate surface area is 109 Å². The standard InChI is InChI=1S/C12H16BrFN2O/c1-17-9-5-12(6-9,7-15)16-8-2-3-11(14)10(13)4-8/h2-4,9,16H,5-7,15H2,1H3. The van der Waals surface area contributed by atoms with E-state index in [1.807, 2.05) is 0 Å². The normalized spacial score (nSPS) is 27.6. The molecule has 17 heavy (non-hydrogen) atoms. The number of anilines is 1. The van der Waals surface area contributed by atoms with Crippen molar-refractivity contribution in [3.8, 4) is 0 Å². The van der Waals surface area contributed by atoms with E-state index in [0.29, 0.717) is 11.0 Å². The molecule has 0 radical (unpaired) electrons. The molecule has 0 saturated heterocycles. The van der Waals surface area contributed by atoms with Crippen LogP contribution in [0.5, 0.6) is 0 Å². The van der Waals surface area contributed by atoms with Crippen molar-refractivity contribution in [1.29, 1.82) is 0 Å². The van der Waals surface area contributed by atoms with Gasteiger partial charge >= 0.3 is 0 Å². The molecule has 1 fully saturated rings. The van der Waals surface area contributed by atoms with Crippen LogP contribution in [0.3, 0.4) is 0 Å². The first-order chi connectivity index (χ1) is 8.08. The number of nitrogens with two attached hydrogens (primary N) is 1. The summed E-state index contributed by atoms with van der Waals surface area (Å²) in [6.45, 7) is 0.544. The smallest absolute Gasteiger partial charge is 0.137 e. The Balaban J connectivity index is 2.07. The molecule has 0 bridgehead atoms. The molecule has 1 saturated carbocycles. The highest BCUT2D eigenvalue weighted by Crippen LogP contribution is 2.37. The highest BCUT2D eigenvalue weighted by atomic mass is 79.9. The zero-order chi connectivity index (χ0) is 12.5. The molecule has 0 aromatic heterocycles. The van der Waals surface area contributed by atoms with Gasteiger partial charge in [-0.25, -0.2) is 4.39 Å². The van der Waals surface area contributed by atoms with Gasteiger partial charge in [-0.3, -0.25) is 0 Å². The Bertz CT molecular complexity index is 407. The van der Waals surface area contributed by atoms with E-state index in [1.165, 1.54) is 6.07 Å². The summed E-state index contributed by atoms with van der Waals surface area (Å²) in [5, 5.41) is 3.37. The summed E-state index contributed by atoms with van der Waals surface area (Å²) in [5.74, 6) is -0.263. The molecule has 1 aliphatic rings. The first-order valence-corrected chi connectivity index (χ1v) is 6.34. The minimum Gasteiger partial charge on any atom is -0.381 e. The van der Waals surface area contributed by atoms with Gasteiger partial charge < -0.3 is 15.8 Å². The highest BCUT2D eigenvalue weighted by Gasteiger charge is 2.43. The third kappa shape index (κ3) is 2.61. The van der Waals surface area contributed by atoms with Gasteiger partial charge in [-0.15, -0.1) is 0 Å². The van der Waals surface area contributed by atoms with E-state index in [4.69, 9.17) is 10.5 Å². The van der Waals surface area contributed by atoms with Crippen LogP contribution in [0.15, 0.2) is 22.7 Å². The van der Waals surface area contributed by atoms with Crippen LogP contribution in [0.2, 0.25) is 0 Å². The van der Waals surface area contributed by atoms with E-state index >= 15 is 0 Å². The summed E-state index contributed by atoms with van der Waals surface area (Å²) in [5.41, 5.74) is 6.56. The number of hydrogen-bond acceptors (Lipinski definition) is 3. The molecule has 3 nitrogen and oxygen atoms in total. The van der Waals surface area contributed by atoms with E-state index < -0.39 is 0 Å². The first-order valence-electron chi connectivity index (χ1n) is 5.55. The Hall–Kier alpha value is -0.650. The maximum absolute atomic E-state index is 13.1. The van der Waals surface area contributed by atoms with Gasteiger partial charge in [0.15, 0.2) is 0 Å². The molecule has 0 amide bonds. The van der Waals surface area contributed by atoms with Crippen molar-refractivity contribution in [2.24, 2.45) is 5.73 Å². The summed E-state index contributed by atoms with van der Waals surface area (Å²) in [6.07, 6.45) is 2.04. The summed E-state index contributed by atoms with van der Waals surface area (Å²) in [6, 6.07) is 4.88. The van der Waals surface area contributed by atoms with Gasteiger partial charge in [0, 0.05) is 19.3 Å². The van der Waals surface area contributed by atoms with Gasteiger partial charge in [0.2, 0.25) is 0 Å². The zero-order valence-electron chi connectivity index (χ0n) is 9.67. The molecule has 3 N–H and O–H groups in total. The van der Waals surface area contributed by atoms with E-state index in [9.17, 15) is 4.39 Å². The number of ether oxygens (including phenoxy) is 1. The predicted octanol–water partition coefficient (Wildman–Crippen LogP) is 2.51. The number of nitrogens with one attached hydrogen (secondary N) is 1. The lowest BCUT2D eigenvalue weighted by Crippen LogP contribution is -2.58. The number of rotatable bonds is 4. The van der Waals surface area contributed by atoms with Gasteiger partial charge in [-0.1, -0.05) is 0 Å². The molecule has 0 heterocycles. The minimum absolute atomic E-state index is 0.113. The third-order valence-electron chi connectivity index (χ3n) is 3.29. The fourth-order valence-electron chi connectivity index (χ4n) is 2.18. The van der Waals surface area contributed by atoms with Crippen LogP contribution in [0, 0.1) is 5.82 Å². The molecule has 0 unspecified atom stereocenters. The maximum atomic E-state index is 13.1. The predicted molar refractivity (Wildman–Crippen MR) is 69.5 cm³/mol. The summed E-state index contributed by atoms with van der Waals surface area (Å²) in [4.78, 5) is 0. The fraction of sp³-hybridized carbons (Fsp3) is 0.500. The van der Waals surface area contributed by atoms with Gasteiger partial charge in [0.1, 0.15) is 5.82 Å². The van der Waals surface area contributed by atoms with Gasteiger partial charge in [0.25, 0.3) is 0 Å². The van der Waals surface area contributed by atoms with Crippen molar-refractivity contribution in [3.63, 3.8) is 0 Å². The lowest BCUT2D eigenvalue weighted by Gasteiger charge is -2.47. The van der Waals surface area contributed by atoms with Crippen LogP contribution in [-0.4, -0.2) is 25.3 Å². The summed E-state index contributed by atoms with van der Waals surface area (Å²) >= 11 is 3.17. The number of benzene rings is 1. The van der Waals surface area contributed by atoms with Crippen molar-refractivity contribution in [1.82, 2.24) is 0 Å². The molecule has 0 atom stereocenters. The molecule has 5 heteroatoms. The average molecular weight is 303 g/mol. The molecule has 94 valence electrons. The Morgan fingerprint density at radius 3 is 2.82 bits per heavy atom. The van der Waals surface area contributed by atoms with Gasteiger partial charge in [0.05, 0.1) is 16.1 Å². The minimum atomic E-state index is -0.263. The maximum Gasteiger partial charge on any atom is 0.137 e. The molecule has 1 aliphatic carbocycles. The Kier molecular flexibility index (Phi) is 3.70. The molecule has 0 spiro atoms. The first kappa shape index (κ1) is 12.8. The molecule has 1 aromatic carbocycles. The monoisotopic (exact) mass is 302 g/mol. The van der Waals surface area contributed by atoms with E-state index in [-0.39, 0.29) is 17.5 Å². The largest absolute Gasteiger partial charge is 0.381 e. The molecule has 1 aromatic rings. The Morgan fingerprint density at radius 1 is 1.59 bits per heavy atom. The molecular formula is C12H16BrFN2O. The van der Waals surface area contributed by atoms with Crippen LogP contribution in [-0.2, 0) is 4.74 Å². The second kappa shape index (κ2) is 4.92. The Morgan fingerprint density at radius 2 is 2.29 bits per heavy atom. The van der Waals surface area contributed by atoms with Gasteiger partial charge in [-0.05, 0) is 47.0 Å². The van der Waals surface area contributed by atoms with Crippen molar-refractivity contribution in [2.75, 3.05) is 19.0 Å². The van der Waals surface area contributed by atoms with Crippen LogP contribution in [0.4, 0.5) is 10.1 Å². The van der Waals surface area contributed by atoms with E-state index in [1.54, 1.807) is 19.2 Å². The topological polar surface area (TPSA) is 47.3 Å². The third-order valence-corrected chi connectivity index (χ3v) is 3.90. The van der Waals surface area contributed by atoms with Crippen LogP contribution >= 0.6 is 15.9 Å². The van der Waals surface area contributed by atoms with Gasteiger partial charge in [-0.2, -0.15) is 0 Å². The lowest BCUT2D eigenvalue weighted by atomic mass is 9.74. The second-order valence-electron chi connectivity index (χ2n) is 4.50. The second-order valence-corrected chi connectivity index (χ2v) is 5.36. The summed E-state index contributed by atoms with van der Waals surface area (Å²) in [7, 11) is 1.71. The summed E-state index contributed by atoms with van der Waals surface area (Å²) < 4.78 is 18.8. The van der Waals surface area contributed by atoms with Crippen molar-refractivity contribution in [2.45, 2.75) is 24.5 Å². The SMILES string of the molecule is COC1CC(CN)(Nc2ccc(F)c(Br)c2)C1.